The van der Waals surface area contributed by atoms with Gasteiger partial charge in [-0.25, -0.2) is 9.59 Å². The van der Waals surface area contributed by atoms with Gasteiger partial charge in [0.2, 0.25) is 5.78 Å². The van der Waals surface area contributed by atoms with E-state index in [-0.39, 0.29) is 29.4 Å². The highest BCUT2D eigenvalue weighted by molar-refractivity contribution is 6.22. The number of ketones is 1. The van der Waals surface area contributed by atoms with E-state index in [1.807, 2.05) is 19.9 Å². The van der Waals surface area contributed by atoms with Crippen LogP contribution in [0.15, 0.2) is 64.2 Å². The predicted molar refractivity (Wildman–Crippen MR) is 138 cm³/mol. The van der Waals surface area contributed by atoms with E-state index in [9.17, 15) is 19.2 Å². The molecule has 2 N–H and O–H groups in total. The Labute approximate surface area is 208 Å². The van der Waals surface area contributed by atoms with Crippen LogP contribution < -0.4 is 21.7 Å². The fourth-order valence-electron chi connectivity index (χ4n) is 3.69. The molecule has 0 aliphatic rings. The number of anilines is 1. The lowest BCUT2D eigenvalue weighted by atomic mass is 10.0. The first-order valence-corrected chi connectivity index (χ1v) is 11.4. The van der Waals surface area contributed by atoms with Crippen LogP contribution in [-0.4, -0.2) is 34.6 Å². The Morgan fingerprint density at radius 1 is 1.03 bits per heavy atom. The van der Waals surface area contributed by atoms with Gasteiger partial charge in [-0.3, -0.25) is 18.7 Å². The zero-order valence-electron chi connectivity index (χ0n) is 20.7. The standard InChI is InChI=1S/C27H29N3O6/c1-17(2)15-30-24(28)23(25(32)29(3)27(30)34)21(31)16-36-26(33)20(18-10-6-5-7-11-18)14-19-12-8-9-13-22(19)35-4/h5-14,17H,15-16,28H2,1-4H3/b20-14+. The summed E-state index contributed by atoms with van der Waals surface area (Å²) in [4.78, 5) is 51.3. The van der Waals surface area contributed by atoms with Gasteiger partial charge in [0.25, 0.3) is 5.56 Å². The van der Waals surface area contributed by atoms with Crippen molar-refractivity contribution in [3.63, 3.8) is 0 Å². The number of nitrogens with zero attached hydrogens (tertiary/aromatic N) is 2. The van der Waals surface area contributed by atoms with Crippen LogP contribution >= 0.6 is 0 Å². The smallest absolute Gasteiger partial charge is 0.339 e. The average Bonchev–Trinajstić information content (AvgIpc) is 2.87. The van der Waals surface area contributed by atoms with Crippen molar-refractivity contribution < 1.29 is 19.1 Å². The minimum Gasteiger partial charge on any atom is -0.496 e. The minimum atomic E-state index is -0.841. The maximum atomic E-state index is 13.1. The van der Waals surface area contributed by atoms with Crippen molar-refractivity contribution >= 4 is 29.2 Å². The summed E-state index contributed by atoms with van der Waals surface area (Å²) in [5.41, 5.74) is 5.61. The molecule has 1 aromatic heterocycles. The van der Waals surface area contributed by atoms with E-state index in [0.29, 0.717) is 16.9 Å². The first-order chi connectivity index (χ1) is 17.1. The molecule has 0 spiro atoms. The normalized spacial score (nSPS) is 11.4. The van der Waals surface area contributed by atoms with Crippen molar-refractivity contribution in [2.24, 2.45) is 13.0 Å². The second kappa shape index (κ2) is 11.4. The summed E-state index contributed by atoms with van der Waals surface area (Å²) < 4.78 is 12.7. The molecular formula is C27H29N3O6. The predicted octanol–water partition coefficient (Wildman–Crippen LogP) is 2.76. The molecule has 0 amide bonds. The molecule has 0 bridgehead atoms. The number of esters is 1. The summed E-state index contributed by atoms with van der Waals surface area (Å²) in [5.74, 6) is -1.23. The van der Waals surface area contributed by atoms with E-state index in [0.717, 1.165) is 4.57 Å². The van der Waals surface area contributed by atoms with Gasteiger partial charge >= 0.3 is 11.7 Å². The SMILES string of the molecule is COc1ccccc1/C=C(/C(=O)OCC(=O)c1c(N)n(CC(C)C)c(=O)n(C)c1=O)c1ccccc1. The summed E-state index contributed by atoms with van der Waals surface area (Å²) in [6, 6.07) is 16.0. The molecule has 0 saturated carbocycles. The molecule has 2 aromatic carbocycles. The second-order valence-corrected chi connectivity index (χ2v) is 8.58. The third-order valence-corrected chi connectivity index (χ3v) is 5.49. The van der Waals surface area contributed by atoms with Gasteiger partial charge in [0.1, 0.15) is 17.1 Å². The topological polar surface area (TPSA) is 123 Å². The highest BCUT2D eigenvalue weighted by Gasteiger charge is 2.24. The molecule has 3 rings (SSSR count). The van der Waals surface area contributed by atoms with E-state index >= 15 is 0 Å². The van der Waals surface area contributed by atoms with Crippen molar-refractivity contribution in [2.45, 2.75) is 20.4 Å². The Morgan fingerprint density at radius 2 is 1.67 bits per heavy atom. The molecule has 36 heavy (non-hydrogen) atoms. The van der Waals surface area contributed by atoms with E-state index in [1.54, 1.807) is 54.6 Å². The molecule has 1 heterocycles. The highest BCUT2D eigenvalue weighted by Crippen LogP contribution is 2.25. The first kappa shape index (κ1) is 26.2. The summed E-state index contributed by atoms with van der Waals surface area (Å²) in [5, 5.41) is 0. The summed E-state index contributed by atoms with van der Waals surface area (Å²) in [6.45, 7) is 3.24. The van der Waals surface area contributed by atoms with Gasteiger partial charge in [0, 0.05) is 19.2 Å². The molecule has 9 nitrogen and oxygen atoms in total. The van der Waals surface area contributed by atoms with Crippen LogP contribution in [0.25, 0.3) is 11.6 Å². The zero-order valence-corrected chi connectivity index (χ0v) is 20.7. The van der Waals surface area contributed by atoms with Crippen LogP contribution in [0.4, 0.5) is 5.82 Å². The van der Waals surface area contributed by atoms with Gasteiger partial charge < -0.3 is 15.2 Å². The summed E-state index contributed by atoms with van der Waals surface area (Å²) in [6.07, 6.45) is 1.61. The van der Waals surface area contributed by atoms with Gasteiger partial charge in [-0.15, -0.1) is 0 Å². The van der Waals surface area contributed by atoms with Crippen molar-refractivity contribution in [2.75, 3.05) is 19.5 Å². The maximum Gasteiger partial charge on any atom is 0.339 e. The number of rotatable bonds is 9. The fraction of sp³-hybridized carbons (Fsp3) is 0.259. The number of nitrogens with two attached hydrogens (primary N) is 1. The van der Waals surface area contributed by atoms with Crippen molar-refractivity contribution in [3.05, 3.63) is 92.1 Å². The van der Waals surface area contributed by atoms with E-state index in [4.69, 9.17) is 15.2 Å². The third-order valence-electron chi connectivity index (χ3n) is 5.49. The van der Waals surface area contributed by atoms with Crippen molar-refractivity contribution in [1.82, 2.24) is 9.13 Å². The van der Waals surface area contributed by atoms with Crippen LogP contribution in [0.3, 0.4) is 0 Å². The number of hydrogen-bond acceptors (Lipinski definition) is 7. The van der Waals surface area contributed by atoms with E-state index in [1.165, 1.54) is 18.7 Å². The molecule has 0 saturated heterocycles. The van der Waals surface area contributed by atoms with Gasteiger partial charge in [0.15, 0.2) is 6.61 Å². The minimum absolute atomic E-state index is 0.0387. The molecule has 3 aromatic rings. The van der Waals surface area contributed by atoms with Gasteiger partial charge in [-0.05, 0) is 23.6 Å². The van der Waals surface area contributed by atoms with Gasteiger partial charge in [-0.2, -0.15) is 0 Å². The lowest BCUT2D eigenvalue weighted by Crippen LogP contribution is -2.43. The van der Waals surface area contributed by atoms with Gasteiger partial charge in [-0.1, -0.05) is 62.4 Å². The number of para-hydroxylation sites is 1. The Morgan fingerprint density at radius 3 is 2.31 bits per heavy atom. The van der Waals surface area contributed by atoms with Crippen LogP contribution in [0.5, 0.6) is 5.75 Å². The van der Waals surface area contributed by atoms with Crippen LogP contribution in [0.1, 0.15) is 35.3 Å². The molecule has 0 aliphatic heterocycles. The molecule has 0 radical (unpaired) electrons. The van der Waals surface area contributed by atoms with Crippen LogP contribution in [-0.2, 0) is 23.1 Å². The second-order valence-electron chi connectivity index (χ2n) is 8.58. The molecule has 9 heteroatoms. The van der Waals surface area contributed by atoms with Crippen molar-refractivity contribution in [3.8, 4) is 5.75 Å². The molecule has 0 fully saturated rings. The molecule has 0 atom stereocenters. The van der Waals surface area contributed by atoms with Crippen LogP contribution in [0, 0.1) is 5.92 Å². The Balaban J connectivity index is 1.95. The number of methoxy groups -OCH3 is 1. The third kappa shape index (κ3) is 5.63. The lowest BCUT2D eigenvalue weighted by molar-refractivity contribution is -0.135. The number of Topliss-reactive ketones (excluding diaryl/α,β-unsaturated/α-hetero) is 1. The Bertz CT molecular complexity index is 1420. The van der Waals surface area contributed by atoms with E-state index in [2.05, 4.69) is 0 Å². The Kier molecular flexibility index (Phi) is 8.26. The number of carbonyl (C=O) groups is 2. The number of hydrogen-bond donors (Lipinski definition) is 1. The number of ether oxygens (including phenoxy) is 2. The number of benzene rings is 2. The van der Waals surface area contributed by atoms with E-state index < -0.39 is 29.6 Å². The van der Waals surface area contributed by atoms with Crippen molar-refractivity contribution in [1.29, 1.82) is 0 Å². The quantitative estimate of drug-likeness (QED) is 0.211. The largest absolute Gasteiger partial charge is 0.496 e. The molecular weight excluding hydrogens is 462 g/mol. The monoisotopic (exact) mass is 491 g/mol. The zero-order chi connectivity index (χ0) is 26.4. The summed E-state index contributed by atoms with van der Waals surface area (Å²) >= 11 is 0. The Hall–Kier alpha value is -4.40. The first-order valence-electron chi connectivity index (χ1n) is 11.4. The lowest BCUT2D eigenvalue weighted by Gasteiger charge is -2.16. The summed E-state index contributed by atoms with van der Waals surface area (Å²) in [7, 11) is 2.79. The molecule has 188 valence electrons. The van der Waals surface area contributed by atoms with Gasteiger partial charge in [0.05, 0.1) is 12.7 Å². The number of carbonyl (C=O) groups excluding carboxylic acids is 2. The number of nitrogen functional groups attached to an aromatic ring is 1. The average molecular weight is 492 g/mol. The fourth-order valence-corrected chi connectivity index (χ4v) is 3.69. The van der Waals surface area contributed by atoms with Crippen LogP contribution in [0.2, 0.25) is 0 Å². The molecule has 0 aliphatic carbocycles. The maximum absolute atomic E-state index is 13.1. The highest BCUT2D eigenvalue weighted by atomic mass is 16.5. The number of aromatic nitrogens is 2. The molecule has 0 unspecified atom stereocenters.